The first-order valence-corrected chi connectivity index (χ1v) is 13.4. The van der Waals surface area contributed by atoms with Gasteiger partial charge in [0, 0.05) is 24.7 Å². The van der Waals surface area contributed by atoms with Gasteiger partial charge in [-0.25, -0.2) is 12.8 Å². The number of hydrogen-bond acceptors (Lipinski definition) is 6. The number of nitro groups is 1. The number of amides is 2. The molecule has 0 heterocycles. The predicted molar refractivity (Wildman–Crippen MR) is 132 cm³/mol. The summed E-state index contributed by atoms with van der Waals surface area (Å²) < 4.78 is 39.3. The molecule has 2 aromatic carbocycles. The standard InChI is InChI=1S/C24H29FN4O6S/c1-17(24(31)26-20-6-3-4-7-20)27(15-18-10-12-19(25)13-11-18)23(30)16-28(36(2,34)35)21-8-5-9-22(14-21)29(32)33/h5,8-14,17,20H,3-4,6-7,15-16H2,1-2H3,(H,26,31)/t17-/m0/s1. The van der Waals surface area contributed by atoms with E-state index in [2.05, 4.69) is 5.32 Å². The summed E-state index contributed by atoms with van der Waals surface area (Å²) in [5, 5.41) is 14.1. The number of halogens is 1. The highest BCUT2D eigenvalue weighted by Crippen LogP contribution is 2.24. The van der Waals surface area contributed by atoms with Crippen molar-refractivity contribution >= 4 is 33.2 Å². The van der Waals surface area contributed by atoms with Crippen LogP contribution in [-0.4, -0.2) is 54.9 Å². The molecule has 3 rings (SSSR count). The van der Waals surface area contributed by atoms with E-state index < -0.39 is 39.3 Å². The van der Waals surface area contributed by atoms with Crippen molar-refractivity contribution in [2.75, 3.05) is 17.1 Å². The molecule has 1 atom stereocenters. The second kappa shape index (κ2) is 11.5. The van der Waals surface area contributed by atoms with Crippen molar-refractivity contribution in [2.45, 2.75) is 51.2 Å². The number of anilines is 1. The number of carbonyl (C=O) groups is 2. The molecule has 0 spiro atoms. The van der Waals surface area contributed by atoms with Gasteiger partial charge in [-0.3, -0.25) is 24.0 Å². The molecule has 0 saturated heterocycles. The Hall–Kier alpha value is -3.54. The van der Waals surface area contributed by atoms with Crippen molar-refractivity contribution in [3.8, 4) is 0 Å². The lowest BCUT2D eigenvalue weighted by Gasteiger charge is -2.32. The number of nitrogens with zero attached hydrogens (tertiary/aromatic N) is 3. The minimum atomic E-state index is -4.02. The minimum absolute atomic E-state index is 0.0140. The number of nitro benzene ring substituents is 1. The average Bonchev–Trinajstić information content (AvgIpc) is 3.34. The van der Waals surface area contributed by atoms with Gasteiger partial charge in [-0.05, 0) is 43.5 Å². The predicted octanol–water partition coefficient (Wildman–Crippen LogP) is 2.98. The average molecular weight is 521 g/mol. The zero-order valence-electron chi connectivity index (χ0n) is 20.1. The second-order valence-corrected chi connectivity index (χ2v) is 10.8. The molecule has 1 saturated carbocycles. The van der Waals surface area contributed by atoms with Crippen LogP contribution < -0.4 is 9.62 Å². The SMILES string of the molecule is C[C@@H](C(=O)NC1CCCC1)N(Cc1ccc(F)cc1)C(=O)CN(c1cccc([N+](=O)[O-])c1)S(C)(=O)=O. The lowest BCUT2D eigenvalue weighted by molar-refractivity contribution is -0.384. The molecule has 0 aromatic heterocycles. The van der Waals surface area contributed by atoms with Gasteiger partial charge in [0.05, 0.1) is 16.9 Å². The number of rotatable bonds is 10. The van der Waals surface area contributed by atoms with Crippen LogP contribution in [-0.2, 0) is 26.2 Å². The summed E-state index contributed by atoms with van der Waals surface area (Å²) in [6, 6.07) is 9.43. The van der Waals surface area contributed by atoms with E-state index in [9.17, 15) is 32.5 Å². The summed E-state index contributed by atoms with van der Waals surface area (Å²) in [4.78, 5) is 38.2. The van der Waals surface area contributed by atoms with E-state index in [4.69, 9.17) is 0 Å². The maximum absolute atomic E-state index is 13.5. The zero-order valence-corrected chi connectivity index (χ0v) is 20.9. The number of hydrogen-bond donors (Lipinski definition) is 1. The van der Waals surface area contributed by atoms with Gasteiger partial charge in [0.25, 0.3) is 5.69 Å². The van der Waals surface area contributed by atoms with Crippen molar-refractivity contribution in [1.29, 1.82) is 0 Å². The molecule has 36 heavy (non-hydrogen) atoms. The normalized spacial score (nSPS) is 14.8. The van der Waals surface area contributed by atoms with Crippen LogP contribution in [0.25, 0.3) is 0 Å². The molecular formula is C24H29FN4O6S. The molecule has 1 N–H and O–H groups in total. The number of carbonyl (C=O) groups excluding carboxylic acids is 2. The van der Waals surface area contributed by atoms with Gasteiger partial charge in [-0.1, -0.05) is 31.0 Å². The van der Waals surface area contributed by atoms with E-state index in [1.54, 1.807) is 6.92 Å². The van der Waals surface area contributed by atoms with Crippen molar-refractivity contribution in [3.63, 3.8) is 0 Å². The summed E-state index contributed by atoms with van der Waals surface area (Å²) in [6.45, 7) is 0.803. The molecular weight excluding hydrogens is 491 g/mol. The number of non-ortho nitro benzene ring substituents is 1. The van der Waals surface area contributed by atoms with E-state index in [0.717, 1.165) is 42.3 Å². The maximum atomic E-state index is 13.5. The van der Waals surface area contributed by atoms with E-state index >= 15 is 0 Å². The van der Waals surface area contributed by atoms with Gasteiger partial charge in [0.2, 0.25) is 21.8 Å². The van der Waals surface area contributed by atoms with E-state index in [1.807, 2.05) is 0 Å². The Balaban J connectivity index is 1.90. The van der Waals surface area contributed by atoms with Crippen molar-refractivity contribution in [2.24, 2.45) is 0 Å². The van der Waals surface area contributed by atoms with E-state index in [1.165, 1.54) is 47.4 Å². The number of sulfonamides is 1. The van der Waals surface area contributed by atoms with Crippen LogP contribution in [0.15, 0.2) is 48.5 Å². The maximum Gasteiger partial charge on any atom is 0.271 e. The van der Waals surface area contributed by atoms with Crippen LogP contribution in [0.4, 0.5) is 15.8 Å². The Morgan fingerprint density at radius 1 is 1.17 bits per heavy atom. The molecule has 1 aliphatic rings. The summed E-state index contributed by atoms with van der Waals surface area (Å²) in [5.74, 6) is -1.53. The third kappa shape index (κ3) is 7.00. The quantitative estimate of drug-likeness (QED) is 0.379. The van der Waals surface area contributed by atoms with E-state index in [-0.39, 0.29) is 29.9 Å². The molecule has 0 bridgehead atoms. The lowest BCUT2D eigenvalue weighted by atomic mass is 10.1. The first-order chi connectivity index (χ1) is 17.0. The molecule has 2 aromatic rings. The first kappa shape index (κ1) is 27.1. The summed E-state index contributed by atoms with van der Waals surface area (Å²) in [7, 11) is -4.02. The molecule has 0 unspecified atom stereocenters. The Labute approximate surface area is 209 Å². The van der Waals surface area contributed by atoms with Crippen LogP contribution in [0, 0.1) is 15.9 Å². The van der Waals surface area contributed by atoms with Crippen LogP contribution in [0.2, 0.25) is 0 Å². The van der Waals surface area contributed by atoms with Gasteiger partial charge in [0.15, 0.2) is 0 Å². The number of benzene rings is 2. The van der Waals surface area contributed by atoms with Gasteiger partial charge >= 0.3 is 0 Å². The first-order valence-electron chi connectivity index (χ1n) is 11.5. The Morgan fingerprint density at radius 2 is 1.81 bits per heavy atom. The Bertz CT molecular complexity index is 1220. The van der Waals surface area contributed by atoms with Crippen LogP contribution in [0.3, 0.4) is 0 Å². The second-order valence-electron chi connectivity index (χ2n) is 8.86. The third-order valence-corrected chi connectivity index (χ3v) is 7.28. The van der Waals surface area contributed by atoms with E-state index in [0.29, 0.717) is 5.56 Å². The highest BCUT2D eigenvalue weighted by atomic mass is 32.2. The minimum Gasteiger partial charge on any atom is -0.352 e. The lowest BCUT2D eigenvalue weighted by Crippen LogP contribution is -2.52. The van der Waals surface area contributed by atoms with Crippen LogP contribution in [0.5, 0.6) is 0 Å². The fourth-order valence-electron chi connectivity index (χ4n) is 4.14. The largest absolute Gasteiger partial charge is 0.352 e. The molecule has 2 amide bonds. The molecule has 194 valence electrons. The Kier molecular flexibility index (Phi) is 8.62. The zero-order chi connectivity index (χ0) is 26.5. The third-order valence-electron chi connectivity index (χ3n) is 6.14. The molecule has 10 nitrogen and oxygen atoms in total. The van der Waals surface area contributed by atoms with Crippen molar-refractivity contribution in [1.82, 2.24) is 10.2 Å². The molecule has 12 heteroatoms. The molecule has 0 radical (unpaired) electrons. The fourth-order valence-corrected chi connectivity index (χ4v) is 4.98. The van der Waals surface area contributed by atoms with Crippen LogP contribution >= 0.6 is 0 Å². The molecule has 1 aliphatic carbocycles. The smallest absolute Gasteiger partial charge is 0.271 e. The van der Waals surface area contributed by atoms with Gasteiger partial charge in [0.1, 0.15) is 18.4 Å². The van der Waals surface area contributed by atoms with Crippen molar-refractivity contribution in [3.05, 3.63) is 70.0 Å². The molecule has 0 aliphatic heterocycles. The van der Waals surface area contributed by atoms with Gasteiger partial charge < -0.3 is 10.2 Å². The number of nitrogens with one attached hydrogen (secondary N) is 1. The highest BCUT2D eigenvalue weighted by Gasteiger charge is 2.31. The fraction of sp³-hybridized carbons (Fsp3) is 0.417. The summed E-state index contributed by atoms with van der Waals surface area (Å²) >= 11 is 0. The van der Waals surface area contributed by atoms with Gasteiger partial charge in [-0.15, -0.1) is 0 Å². The Morgan fingerprint density at radius 3 is 2.39 bits per heavy atom. The molecule has 1 fully saturated rings. The highest BCUT2D eigenvalue weighted by molar-refractivity contribution is 7.92. The van der Waals surface area contributed by atoms with Crippen LogP contribution in [0.1, 0.15) is 38.2 Å². The monoisotopic (exact) mass is 520 g/mol. The van der Waals surface area contributed by atoms with Gasteiger partial charge in [-0.2, -0.15) is 0 Å². The summed E-state index contributed by atoms with van der Waals surface area (Å²) in [6.07, 6.45) is 4.59. The summed E-state index contributed by atoms with van der Waals surface area (Å²) in [5.41, 5.74) is 0.164. The topological polar surface area (TPSA) is 130 Å². The van der Waals surface area contributed by atoms with Crippen molar-refractivity contribution < 1.29 is 27.3 Å².